The first kappa shape index (κ1) is 17.7. The second-order valence-corrected chi connectivity index (χ2v) is 8.42. The van der Waals surface area contributed by atoms with E-state index >= 15 is 0 Å². The van der Waals surface area contributed by atoms with E-state index in [0.29, 0.717) is 22.2 Å². The number of rotatable bonds is 4. The van der Waals surface area contributed by atoms with Crippen molar-refractivity contribution in [2.45, 2.75) is 19.1 Å². The number of nitrogens with zero attached hydrogens (tertiary/aromatic N) is 3. The summed E-state index contributed by atoms with van der Waals surface area (Å²) in [6.45, 7) is 3.19. The van der Waals surface area contributed by atoms with Crippen LogP contribution in [0.5, 0.6) is 0 Å². The molecule has 0 bridgehead atoms. The van der Waals surface area contributed by atoms with Crippen LogP contribution in [0, 0.1) is 11.3 Å². The van der Waals surface area contributed by atoms with Gasteiger partial charge >= 0.3 is 0 Å². The van der Waals surface area contributed by atoms with Crippen LogP contribution in [0.1, 0.15) is 25.0 Å². The quantitative estimate of drug-likeness (QED) is 0.715. The zero-order valence-electron chi connectivity index (χ0n) is 14.4. The van der Waals surface area contributed by atoms with Crippen LogP contribution in [0.2, 0.25) is 0 Å². The molecule has 3 aromatic rings. The van der Waals surface area contributed by atoms with Crippen molar-refractivity contribution in [2.24, 2.45) is 0 Å². The predicted molar refractivity (Wildman–Crippen MR) is 103 cm³/mol. The molecule has 132 valence electrons. The molecule has 1 aromatic heterocycles. The number of anilines is 1. The Morgan fingerprint density at radius 2 is 1.88 bits per heavy atom. The molecule has 1 heterocycles. The topological polar surface area (TPSA) is 102 Å². The fourth-order valence-electron chi connectivity index (χ4n) is 2.73. The average Bonchev–Trinajstić information content (AvgIpc) is 2.95. The first-order valence-corrected chi connectivity index (χ1v) is 9.54. The molecule has 2 N–H and O–H groups in total. The summed E-state index contributed by atoms with van der Waals surface area (Å²) < 4.78 is 26.4. The highest BCUT2D eigenvalue weighted by Crippen LogP contribution is 2.29. The molecule has 6 nitrogen and oxygen atoms in total. The lowest BCUT2D eigenvalue weighted by atomic mass is 9.97. The number of nitrogen functional groups attached to an aromatic ring is 1. The van der Waals surface area contributed by atoms with Crippen LogP contribution >= 0.6 is 0 Å². The Morgan fingerprint density at radius 1 is 1.19 bits per heavy atom. The third-order valence-electron chi connectivity index (χ3n) is 4.09. The molecule has 2 aromatic carbocycles. The van der Waals surface area contributed by atoms with Crippen LogP contribution in [0.3, 0.4) is 0 Å². The Morgan fingerprint density at radius 3 is 2.50 bits per heavy atom. The van der Waals surface area contributed by atoms with Crippen molar-refractivity contribution in [3.8, 4) is 6.07 Å². The standard InChI is InChI=1S/C19H18N4O2S/c1-13(2)26(24,25)23-18-12-15(8-9-17(18)22-19(23)21)16(10-11-20)14-6-4-3-5-7-14/h3-10,12-13H,1-2H3,(H2,21,22)/b16-10-. The van der Waals surface area contributed by atoms with Crippen molar-refractivity contribution in [1.82, 2.24) is 8.96 Å². The maximum absolute atomic E-state index is 12.7. The van der Waals surface area contributed by atoms with E-state index in [0.717, 1.165) is 9.54 Å². The molecule has 0 amide bonds. The molecule has 0 fully saturated rings. The average molecular weight is 366 g/mol. The molecular formula is C19H18N4O2S. The number of hydrogen-bond donors (Lipinski definition) is 1. The third kappa shape index (κ3) is 2.95. The Labute approximate surface area is 152 Å². The number of aromatic nitrogens is 2. The van der Waals surface area contributed by atoms with Crippen LogP contribution in [0.4, 0.5) is 5.95 Å². The van der Waals surface area contributed by atoms with Gasteiger partial charge in [0.15, 0.2) is 0 Å². The maximum Gasteiger partial charge on any atom is 0.244 e. The summed E-state index contributed by atoms with van der Waals surface area (Å²) in [5, 5.41) is 8.53. The smallest absolute Gasteiger partial charge is 0.244 e. The summed E-state index contributed by atoms with van der Waals surface area (Å²) in [5.41, 5.74) is 9.03. The van der Waals surface area contributed by atoms with E-state index in [2.05, 4.69) is 11.1 Å². The minimum atomic E-state index is -3.67. The Hall–Kier alpha value is -3.11. The molecule has 0 saturated heterocycles. The van der Waals surface area contributed by atoms with E-state index in [1.807, 2.05) is 30.3 Å². The fourth-order valence-corrected chi connectivity index (χ4v) is 3.88. The zero-order valence-corrected chi connectivity index (χ0v) is 15.2. The highest BCUT2D eigenvalue weighted by Gasteiger charge is 2.24. The third-order valence-corrected chi connectivity index (χ3v) is 6.18. The second-order valence-electron chi connectivity index (χ2n) is 6.08. The van der Waals surface area contributed by atoms with Crippen molar-refractivity contribution < 1.29 is 8.42 Å². The van der Waals surface area contributed by atoms with E-state index in [4.69, 9.17) is 5.73 Å². The molecule has 0 aliphatic rings. The number of nitrogens with two attached hydrogens (primary N) is 1. The highest BCUT2D eigenvalue weighted by atomic mass is 32.2. The summed E-state index contributed by atoms with van der Waals surface area (Å²) in [6.07, 6.45) is 1.44. The van der Waals surface area contributed by atoms with Crippen molar-refractivity contribution in [3.63, 3.8) is 0 Å². The van der Waals surface area contributed by atoms with E-state index in [9.17, 15) is 13.7 Å². The van der Waals surface area contributed by atoms with Crippen LogP contribution in [-0.4, -0.2) is 22.6 Å². The molecule has 0 unspecified atom stereocenters. The first-order chi connectivity index (χ1) is 12.4. The van der Waals surface area contributed by atoms with Gasteiger partial charge in [0.1, 0.15) is 0 Å². The number of allylic oxidation sites excluding steroid dienone is 1. The molecule has 0 radical (unpaired) electrons. The van der Waals surface area contributed by atoms with Crippen LogP contribution in [0.25, 0.3) is 16.6 Å². The molecule has 3 rings (SSSR count). The molecule has 0 aliphatic carbocycles. The van der Waals surface area contributed by atoms with E-state index in [1.54, 1.807) is 32.0 Å². The first-order valence-electron chi connectivity index (χ1n) is 8.04. The molecule has 26 heavy (non-hydrogen) atoms. The van der Waals surface area contributed by atoms with Gasteiger partial charge in [0.2, 0.25) is 16.0 Å². The largest absolute Gasteiger partial charge is 0.368 e. The number of fused-ring (bicyclic) bond motifs is 1. The van der Waals surface area contributed by atoms with Gasteiger partial charge in [-0.3, -0.25) is 0 Å². The van der Waals surface area contributed by atoms with Gasteiger partial charge in [-0.2, -0.15) is 5.26 Å². The van der Waals surface area contributed by atoms with Crippen molar-refractivity contribution in [1.29, 1.82) is 5.26 Å². The Bertz CT molecular complexity index is 1140. The van der Waals surface area contributed by atoms with Gasteiger partial charge in [-0.25, -0.2) is 17.4 Å². The summed E-state index contributed by atoms with van der Waals surface area (Å²) in [4.78, 5) is 4.16. The lowest BCUT2D eigenvalue weighted by Gasteiger charge is -2.12. The van der Waals surface area contributed by atoms with E-state index < -0.39 is 15.3 Å². The summed E-state index contributed by atoms with van der Waals surface area (Å²) in [7, 11) is -3.67. The second kappa shape index (κ2) is 6.65. The summed E-state index contributed by atoms with van der Waals surface area (Å²) in [5.74, 6) is -0.0728. The normalized spacial score (nSPS) is 12.5. The van der Waals surface area contributed by atoms with Crippen molar-refractivity contribution in [3.05, 3.63) is 65.7 Å². The molecule has 0 atom stereocenters. The Kier molecular flexibility index (Phi) is 4.53. The maximum atomic E-state index is 12.7. The SMILES string of the molecule is CC(C)S(=O)(=O)n1c(N)nc2ccc(/C(=C\C#N)c3ccccc3)cc21. The lowest BCUT2D eigenvalue weighted by molar-refractivity contribution is 0.580. The van der Waals surface area contributed by atoms with Crippen molar-refractivity contribution in [2.75, 3.05) is 5.73 Å². The van der Waals surface area contributed by atoms with Crippen LogP contribution in [0.15, 0.2) is 54.6 Å². The van der Waals surface area contributed by atoms with Crippen molar-refractivity contribution >= 4 is 32.6 Å². The van der Waals surface area contributed by atoms with Gasteiger partial charge in [-0.15, -0.1) is 0 Å². The lowest BCUT2D eigenvalue weighted by Crippen LogP contribution is -2.23. The van der Waals surface area contributed by atoms with Gasteiger partial charge in [0.05, 0.1) is 22.4 Å². The number of nitriles is 1. The minimum Gasteiger partial charge on any atom is -0.368 e. The highest BCUT2D eigenvalue weighted by molar-refractivity contribution is 7.90. The molecular weight excluding hydrogens is 348 g/mol. The van der Waals surface area contributed by atoms with Gasteiger partial charge < -0.3 is 5.73 Å². The summed E-state index contributed by atoms with van der Waals surface area (Å²) >= 11 is 0. The van der Waals surface area contributed by atoms with Crippen LogP contribution in [-0.2, 0) is 10.0 Å². The fraction of sp³-hybridized carbons (Fsp3) is 0.158. The minimum absolute atomic E-state index is 0.0728. The molecule has 0 saturated carbocycles. The number of hydrogen-bond acceptors (Lipinski definition) is 5. The number of imidazole rings is 1. The predicted octanol–water partition coefficient (Wildman–Crippen LogP) is 3.16. The van der Waals surface area contributed by atoms with Gasteiger partial charge in [0, 0.05) is 6.08 Å². The van der Waals surface area contributed by atoms with Crippen LogP contribution < -0.4 is 5.73 Å². The van der Waals surface area contributed by atoms with Gasteiger partial charge in [0.25, 0.3) is 0 Å². The monoisotopic (exact) mass is 366 g/mol. The Balaban J connectivity index is 2.27. The molecule has 7 heteroatoms. The number of benzene rings is 2. The van der Waals surface area contributed by atoms with Gasteiger partial charge in [-0.05, 0) is 42.7 Å². The van der Waals surface area contributed by atoms with Gasteiger partial charge in [-0.1, -0.05) is 36.4 Å². The molecule has 0 spiro atoms. The summed E-state index contributed by atoms with van der Waals surface area (Å²) in [6, 6.07) is 16.7. The molecule has 0 aliphatic heterocycles. The zero-order chi connectivity index (χ0) is 18.9. The van der Waals surface area contributed by atoms with E-state index in [1.165, 1.54) is 6.08 Å². The van der Waals surface area contributed by atoms with E-state index in [-0.39, 0.29) is 5.95 Å².